The Kier molecular flexibility index (Phi) is 49.6. The summed E-state index contributed by atoms with van der Waals surface area (Å²) >= 11 is 0. The van der Waals surface area contributed by atoms with E-state index in [9.17, 15) is 14.4 Å². The number of carbonyl (C=O) groups is 3. The van der Waals surface area contributed by atoms with Crippen molar-refractivity contribution in [3.8, 4) is 0 Å². The molecule has 7 nitrogen and oxygen atoms in total. The molecule has 0 fully saturated rings. The molecule has 0 aliphatic heterocycles. The first-order valence-electron chi connectivity index (χ1n) is 28.0. The van der Waals surface area contributed by atoms with Gasteiger partial charge in [0.25, 0.3) is 0 Å². The van der Waals surface area contributed by atoms with Crippen LogP contribution in [-0.2, 0) is 23.9 Å². The Labute approximate surface area is 400 Å². The molecule has 0 radical (unpaired) electrons. The highest BCUT2D eigenvalue weighted by atomic mass is 16.5. The Hall–Kier alpha value is -1.63. The Balaban J connectivity index is 0. The summed E-state index contributed by atoms with van der Waals surface area (Å²) in [4.78, 5) is 44.1. The second-order valence-electron chi connectivity index (χ2n) is 19.8. The van der Waals surface area contributed by atoms with Crippen LogP contribution in [0.4, 0.5) is 0 Å². The van der Waals surface area contributed by atoms with Crippen LogP contribution in [0.5, 0.6) is 0 Å². The van der Waals surface area contributed by atoms with Crippen molar-refractivity contribution in [1.82, 2.24) is 9.80 Å². The number of amides is 1. The molecule has 0 aromatic heterocycles. The van der Waals surface area contributed by atoms with Crippen molar-refractivity contribution in [1.29, 1.82) is 0 Å². The van der Waals surface area contributed by atoms with Crippen molar-refractivity contribution >= 4 is 17.8 Å². The summed E-state index contributed by atoms with van der Waals surface area (Å²) < 4.78 is 11.6. The van der Waals surface area contributed by atoms with Gasteiger partial charge < -0.3 is 19.3 Å². The lowest BCUT2D eigenvalue weighted by atomic mass is 9.95. The first-order chi connectivity index (χ1) is 30.7. The fourth-order valence-electron chi connectivity index (χ4n) is 9.16. The molecule has 0 bridgehead atoms. The fraction of sp³-hybridized carbons (Fsp3) is 0.947. The number of unbranched alkanes of at least 4 members (excludes halogenated alkanes) is 24. The van der Waals surface area contributed by atoms with Crippen LogP contribution in [0.25, 0.3) is 0 Å². The van der Waals surface area contributed by atoms with Gasteiger partial charge in [-0.1, -0.05) is 222 Å². The van der Waals surface area contributed by atoms with E-state index in [4.69, 9.17) is 9.47 Å². The standard InChI is InChI=1S/C56H110N2O5.CH4/c1-8-13-18-27-36-46-54(59)58(48-39-47-57(6)7)53(44-34-28-23-21-25-30-37-49-62-55(60)51(40-16-11-4)42-32-19-14-9-2)45-35-29-24-22-26-31-38-50-63-56(61)52(41-17-12-5)43-33-20-15-10-3;/h51-53H,8-50H2,1-7H3;1H4. The van der Waals surface area contributed by atoms with Crippen molar-refractivity contribution < 1.29 is 23.9 Å². The molecule has 1 amide bonds. The van der Waals surface area contributed by atoms with Gasteiger partial charge in [-0.05, 0) is 84.8 Å². The zero-order valence-corrected chi connectivity index (χ0v) is 43.6. The molecule has 0 saturated carbocycles. The molecule has 0 aliphatic rings. The van der Waals surface area contributed by atoms with Gasteiger partial charge in [-0.3, -0.25) is 14.4 Å². The molecular formula is C57H114N2O5. The highest BCUT2D eigenvalue weighted by Gasteiger charge is 2.23. The minimum absolute atomic E-state index is 0. The second kappa shape index (κ2) is 49.3. The van der Waals surface area contributed by atoms with Crippen LogP contribution >= 0.6 is 0 Å². The second-order valence-corrected chi connectivity index (χ2v) is 19.8. The molecule has 0 spiro atoms. The van der Waals surface area contributed by atoms with Gasteiger partial charge in [0, 0.05) is 19.0 Å². The molecule has 0 aromatic carbocycles. The van der Waals surface area contributed by atoms with Crippen LogP contribution in [0, 0.1) is 11.8 Å². The first-order valence-corrected chi connectivity index (χ1v) is 28.0. The molecular weight excluding hydrogens is 793 g/mol. The molecule has 0 aromatic rings. The largest absolute Gasteiger partial charge is 0.465 e. The first kappa shape index (κ1) is 64.5. The highest BCUT2D eigenvalue weighted by molar-refractivity contribution is 5.76. The average molecular weight is 908 g/mol. The van der Waals surface area contributed by atoms with E-state index in [0.29, 0.717) is 31.6 Å². The van der Waals surface area contributed by atoms with E-state index >= 15 is 0 Å². The van der Waals surface area contributed by atoms with Crippen LogP contribution in [0.15, 0.2) is 0 Å². The molecule has 7 heteroatoms. The third kappa shape index (κ3) is 39.5. The maximum atomic E-state index is 13.9. The van der Waals surface area contributed by atoms with Crippen LogP contribution in [0.2, 0.25) is 0 Å². The molecule has 382 valence electrons. The molecule has 2 unspecified atom stereocenters. The van der Waals surface area contributed by atoms with E-state index in [0.717, 1.165) is 135 Å². The van der Waals surface area contributed by atoms with Gasteiger partial charge in [0.15, 0.2) is 0 Å². The maximum Gasteiger partial charge on any atom is 0.308 e. The predicted molar refractivity (Wildman–Crippen MR) is 278 cm³/mol. The minimum Gasteiger partial charge on any atom is -0.465 e. The SMILES string of the molecule is C.CCCCCCCC(=O)N(CCCN(C)C)C(CCCCCCCCCOC(=O)C(CCCC)CCCCCC)CCCCCCCCCOC(=O)C(CCCC)CCCCCC. The summed E-state index contributed by atoms with van der Waals surface area (Å²) in [6, 6.07) is 0.347. The van der Waals surface area contributed by atoms with Crippen LogP contribution in [-0.4, -0.2) is 74.1 Å². The number of rotatable bonds is 49. The zero-order chi connectivity index (χ0) is 46.4. The van der Waals surface area contributed by atoms with Gasteiger partial charge >= 0.3 is 11.9 Å². The molecule has 0 aliphatic carbocycles. The number of hydrogen-bond donors (Lipinski definition) is 0. The molecule has 0 saturated heterocycles. The minimum atomic E-state index is 0. The Morgan fingerprint density at radius 2 is 0.703 bits per heavy atom. The van der Waals surface area contributed by atoms with E-state index in [1.807, 2.05) is 0 Å². The topological polar surface area (TPSA) is 76.2 Å². The maximum absolute atomic E-state index is 13.9. The lowest BCUT2D eigenvalue weighted by molar-refractivity contribution is -0.150. The van der Waals surface area contributed by atoms with E-state index in [2.05, 4.69) is 58.5 Å². The average Bonchev–Trinajstić information content (AvgIpc) is 3.27. The molecule has 64 heavy (non-hydrogen) atoms. The number of nitrogens with zero attached hydrogens (tertiary/aromatic N) is 2. The van der Waals surface area contributed by atoms with E-state index in [1.165, 1.54) is 122 Å². The van der Waals surface area contributed by atoms with Gasteiger partial charge in [-0.15, -0.1) is 0 Å². The van der Waals surface area contributed by atoms with Gasteiger partial charge in [-0.2, -0.15) is 0 Å². The number of ether oxygens (including phenoxy) is 2. The lowest BCUT2D eigenvalue weighted by Crippen LogP contribution is -2.41. The Bertz CT molecular complexity index is 948. The summed E-state index contributed by atoms with van der Waals surface area (Å²) in [5, 5.41) is 0. The molecule has 0 heterocycles. The predicted octanol–water partition coefficient (Wildman–Crippen LogP) is 17.0. The van der Waals surface area contributed by atoms with Crippen molar-refractivity contribution in [2.24, 2.45) is 11.8 Å². The fourth-order valence-corrected chi connectivity index (χ4v) is 9.16. The summed E-state index contributed by atoms with van der Waals surface area (Å²) in [6.07, 6.45) is 44.4. The van der Waals surface area contributed by atoms with Crippen LogP contribution in [0.1, 0.15) is 292 Å². The Morgan fingerprint density at radius 3 is 1.11 bits per heavy atom. The third-order valence-corrected chi connectivity index (χ3v) is 13.4. The van der Waals surface area contributed by atoms with Crippen LogP contribution in [0.3, 0.4) is 0 Å². The van der Waals surface area contributed by atoms with Crippen molar-refractivity contribution in [2.75, 3.05) is 40.4 Å². The van der Waals surface area contributed by atoms with Crippen molar-refractivity contribution in [3.05, 3.63) is 0 Å². The Morgan fingerprint density at radius 1 is 0.375 bits per heavy atom. The highest BCUT2D eigenvalue weighted by Crippen LogP contribution is 2.24. The van der Waals surface area contributed by atoms with Gasteiger partial charge in [0.1, 0.15) is 0 Å². The lowest BCUT2D eigenvalue weighted by Gasteiger charge is -2.33. The monoisotopic (exact) mass is 907 g/mol. The third-order valence-electron chi connectivity index (χ3n) is 13.4. The van der Waals surface area contributed by atoms with Crippen LogP contribution < -0.4 is 0 Å². The summed E-state index contributed by atoms with van der Waals surface area (Å²) in [7, 11) is 4.27. The quantitative estimate of drug-likeness (QED) is 0.0447. The van der Waals surface area contributed by atoms with Gasteiger partial charge in [0.05, 0.1) is 25.0 Å². The van der Waals surface area contributed by atoms with E-state index in [-0.39, 0.29) is 31.2 Å². The molecule has 0 rings (SSSR count). The smallest absolute Gasteiger partial charge is 0.308 e. The summed E-state index contributed by atoms with van der Waals surface area (Å²) in [5.41, 5.74) is 0. The zero-order valence-electron chi connectivity index (χ0n) is 43.6. The summed E-state index contributed by atoms with van der Waals surface area (Å²) in [5.74, 6) is 0.665. The van der Waals surface area contributed by atoms with Gasteiger partial charge in [-0.25, -0.2) is 0 Å². The molecule has 0 N–H and O–H groups in total. The van der Waals surface area contributed by atoms with Crippen molar-refractivity contribution in [3.63, 3.8) is 0 Å². The van der Waals surface area contributed by atoms with Gasteiger partial charge in [0.2, 0.25) is 5.91 Å². The number of carbonyl (C=O) groups excluding carboxylic acids is 3. The normalized spacial score (nSPS) is 12.8. The number of esters is 2. The number of hydrogen-bond acceptors (Lipinski definition) is 6. The van der Waals surface area contributed by atoms with E-state index < -0.39 is 0 Å². The molecule has 2 atom stereocenters. The van der Waals surface area contributed by atoms with Crippen molar-refractivity contribution in [2.45, 2.75) is 298 Å². The summed E-state index contributed by atoms with van der Waals surface area (Å²) in [6.45, 7) is 14.2. The van der Waals surface area contributed by atoms with E-state index in [1.54, 1.807) is 0 Å².